The van der Waals surface area contributed by atoms with Crippen molar-refractivity contribution >= 4 is 16.8 Å². The van der Waals surface area contributed by atoms with Crippen LogP contribution in [0.25, 0.3) is 10.9 Å². The van der Waals surface area contributed by atoms with Gasteiger partial charge >= 0.3 is 0 Å². The minimum atomic E-state index is 0.0586. The monoisotopic (exact) mass is 316 g/mol. The summed E-state index contributed by atoms with van der Waals surface area (Å²) in [6.45, 7) is 5.05. The number of carbonyl (C=O) groups excluding carboxylic acids is 1. The van der Waals surface area contributed by atoms with Crippen molar-refractivity contribution in [3.63, 3.8) is 0 Å². The average Bonchev–Trinajstić information content (AvgIpc) is 2.60. The number of rotatable bonds is 2. The van der Waals surface area contributed by atoms with Gasteiger partial charge in [0.15, 0.2) is 0 Å². The largest absolute Gasteiger partial charge is 0.352 e. The van der Waals surface area contributed by atoms with E-state index in [1.54, 1.807) is 0 Å². The molecule has 24 heavy (non-hydrogen) atoms. The highest BCUT2D eigenvalue weighted by molar-refractivity contribution is 5.97. The Bertz CT molecular complexity index is 959. The molecule has 1 aliphatic rings. The summed E-state index contributed by atoms with van der Waals surface area (Å²) >= 11 is 0. The van der Waals surface area contributed by atoms with Gasteiger partial charge in [0.05, 0.1) is 5.52 Å². The van der Waals surface area contributed by atoms with E-state index in [1.807, 2.05) is 12.3 Å². The van der Waals surface area contributed by atoms with Gasteiger partial charge < -0.3 is 5.32 Å². The first-order chi connectivity index (χ1) is 11.6. The fourth-order valence-electron chi connectivity index (χ4n) is 3.60. The molecule has 2 aromatic carbocycles. The molecule has 1 N–H and O–H groups in total. The van der Waals surface area contributed by atoms with Gasteiger partial charge in [0.25, 0.3) is 5.91 Å². The number of amides is 1. The molecular formula is C21H20N2O. The Balaban J connectivity index is 1.77. The van der Waals surface area contributed by atoms with Gasteiger partial charge in [-0.25, -0.2) is 0 Å². The predicted octanol–water partition coefficient (Wildman–Crippen LogP) is 3.73. The van der Waals surface area contributed by atoms with Crippen LogP contribution in [0.4, 0.5) is 0 Å². The lowest BCUT2D eigenvalue weighted by Crippen LogP contribution is -2.32. The van der Waals surface area contributed by atoms with Crippen LogP contribution in [0.3, 0.4) is 0 Å². The molecule has 0 saturated heterocycles. The Morgan fingerprint density at radius 1 is 1.12 bits per heavy atom. The van der Waals surface area contributed by atoms with Crippen LogP contribution in [0.2, 0.25) is 0 Å². The van der Waals surface area contributed by atoms with Crippen LogP contribution in [0.15, 0.2) is 42.6 Å². The van der Waals surface area contributed by atoms with E-state index >= 15 is 0 Å². The fourth-order valence-corrected chi connectivity index (χ4v) is 3.60. The van der Waals surface area contributed by atoms with Crippen LogP contribution in [0.1, 0.15) is 38.2 Å². The molecule has 1 aliphatic heterocycles. The van der Waals surface area contributed by atoms with Gasteiger partial charge in [-0.05, 0) is 78.8 Å². The fraction of sp³-hybridized carbons (Fsp3) is 0.238. The summed E-state index contributed by atoms with van der Waals surface area (Å²) < 4.78 is 0. The minimum Gasteiger partial charge on any atom is -0.352 e. The molecule has 3 heteroatoms. The van der Waals surface area contributed by atoms with Crippen molar-refractivity contribution in [3.8, 4) is 0 Å². The molecule has 3 nitrogen and oxygen atoms in total. The van der Waals surface area contributed by atoms with E-state index in [4.69, 9.17) is 0 Å². The van der Waals surface area contributed by atoms with E-state index in [2.05, 4.69) is 54.5 Å². The number of fused-ring (bicyclic) bond motifs is 2. The van der Waals surface area contributed by atoms with Crippen molar-refractivity contribution in [3.05, 3.63) is 76.0 Å². The average molecular weight is 316 g/mol. The molecule has 4 rings (SSSR count). The molecule has 0 bridgehead atoms. The number of pyridine rings is 1. The van der Waals surface area contributed by atoms with Crippen molar-refractivity contribution in [2.75, 3.05) is 6.54 Å². The summed E-state index contributed by atoms with van der Waals surface area (Å²) in [5.74, 6) is 0.0586. The lowest BCUT2D eigenvalue weighted by atomic mass is 9.87. The maximum atomic E-state index is 12.2. The molecule has 0 saturated carbocycles. The maximum absolute atomic E-state index is 12.2. The number of hydrogen-bond donors (Lipinski definition) is 1. The Kier molecular flexibility index (Phi) is 3.57. The number of hydrogen-bond acceptors (Lipinski definition) is 2. The van der Waals surface area contributed by atoms with Gasteiger partial charge in [0.2, 0.25) is 0 Å². The molecule has 3 aromatic rings. The van der Waals surface area contributed by atoms with Crippen LogP contribution in [-0.2, 0) is 12.8 Å². The highest BCUT2D eigenvalue weighted by atomic mass is 16.1. The normalized spacial score (nSPS) is 13.7. The van der Waals surface area contributed by atoms with E-state index in [-0.39, 0.29) is 5.91 Å². The second-order valence-corrected chi connectivity index (χ2v) is 6.52. The summed E-state index contributed by atoms with van der Waals surface area (Å²) in [6, 6.07) is 12.5. The van der Waals surface area contributed by atoms with E-state index in [9.17, 15) is 4.79 Å². The maximum Gasteiger partial charge on any atom is 0.251 e. The van der Waals surface area contributed by atoms with Gasteiger partial charge in [-0.15, -0.1) is 0 Å². The van der Waals surface area contributed by atoms with Gasteiger partial charge in [-0.3, -0.25) is 9.78 Å². The van der Waals surface area contributed by atoms with Crippen LogP contribution < -0.4 is 5.32 Å². The number of nitrogens with one attached hydrogen (secondary N) is 1. The number of carbonyl (C=O) groups is 1. The first kappa shape index (κ1) is 14.9. The number of benzene rings is 2. The lowest BCUT2D eigenvalue weighted by Gasteiger charge is -2.22. The number of aromatic nitrogens is 1. The SMILES string of the molecule is Cc1c(Cc2ccc3ncccc3c2)cc2c(c1C)CCNC2=O. The molecule has 0 aliphatic carbocycles. The molecular weight excluding hydrogens is 296 g/mol. The van der Waals surface area contributed by atoms with E-state index in [0.29, 0.717) is 0 Å². The van der Waals surface area contributed by atoms with E-state index < -0.39 is 0 Å². The van der Waals surface area contributed by atoms with Crippen LogP contribution in [0.5, 0.6) is 0 Å². The van der Waals surface area contributed by atoms with Crippen LogP contribution in [0, 0.1) is 13.8 Å². The van der Waals surface area contributed by atoms with Gasteiger partial charge in [-0.2, -0.15) is 0 Å². The second-order valence-electron chi connectivity index (χ2n) is 6.52. The molecule has 120 valence electrons. The second kappa shape index (κ2) is 5.75. The molecule has 2 heterocycles. The third kappa shape index (κ3) is 2.46. The summed E-state index contributed by atoms with van der Waals surface area (Å²) in [6.07, 6.45) is 3.57. The number of nitrogens with zero attached hydrogens (tertiary/aromatic N) is 1. The molecule has 0 spiro atoms. The third-order valence-corrected chi connectivity index (χ3v) is 5.11. The Labute approximate surface area is 141 Å². The first-order valence-corrected chi connectivity index (χ1v) is 8.37. The smallest absolute Gasteiger partial charge is 0.251 e. The summed E-state index contributed by atoms with van der Waals surface area (Å²) in [4.78, 5) is 16.6. The quantitative estimate of drug-likeness (QED) is 0.783. The predicted molar refractivity (Wildman–Crippen MR) is 96.5 cm³/mol. The highest BCUT2D eigenvalue weighted by Gasteiger charge is 2.21. The first-order valence-electron chi connectivity index (χ1n) is 8.37. The minimum absolute atomic E-state index is 0.0586. The van der Waals surface area contributed by atoms with Gasteiger partial charge in [0.1, 0.15) is 0 Å². The van der Waals surface area contributed by atoms with Gasteiger partial charge in [0, 0.05) is 23.7 Å². The van der Waals surface area contributed by atoms with E-state index in [1.165, 1.54) is 27.8 Å². The molecule has 0 fully saturated rings. The van der Waals surface area contributed by atoms with Crippen molar-refractivity contribution in [2.24, 2.45) is 0 Å². The van der Waals surface area contributed by atoms with Crippen molar-refractivity contribution in [1.29, 1.82) is 0 Å². The topological polar surface area (TPSA) is 42.0 Å². The van der Waals surface area contributed by atoms with Crippen molar-refractivity contribution in [1.82, 2.24) is 10.3 Å². The molecule has 0 atom stereocenters. The van der Waals surface area contributed by atoms with Crippen molar-refractivity contribution < 1.29 is 4.79 Å². The summed E-state index contributed by atoms with van der Waals surface area (Å²) in [5, 5.41) is 4.11. The molecule has 0 unspecified atom stereocenters. The summed E-state index contributed by atoms with van der Waals surface area (Å²) in [5.41, 5.74) is 8.11. The zero-order valence-corrected chi connectivity index (χ0v) is 14.0. The Hall–Kier alpha value is -2.68. The van der Waals surface area contributed by atoms with Crippen LogP contribution in [-0.4, -0.2) is 17.4 Å². The van der Waals surface area contributed by atoms with Crippen LogP contribution >= 0.6 is 0 Å². The zero-order valence-electron chi connectivity index (χ0n) is 14.0. The van der Waals surface area contributed by atoms with Crippen molar-refractivity contribution in [2.45, 2.75) is 26.7 Å². The zero-order chi connectivity index (χ0) is 16.7. The van der Waals surface area contributed by atoms with E-state index in [0.717, 1.165) is 35.9 Å². The molecule has 0 radical (unpaired) electrons. The van der Waals surface area contributed by atoms with Gasteiger partial charge in [-0.1, -0.05) is 12.1 Å². The Morgan fingerprint density at radius 3 is 2.88 bits per heavy atom. The highest BCUT2D eigenvalue weighted by Crippen LogP contribution is 2.27. The Morgan fingerprint density at radius 2 is 2.00 bits per heavy atom. The standard InChI is InChI=1S/C21H20N2O/c1-13-14(2)18-7-9-23-21(24)19(18)12-17(13)11-15-5-6-20-16(10-15)4-3-8-22-20/h3-6,8,10,12H,7,9,11H2,1-2H3,(H,23,24). The summed E-state index contributed by atoms with van der Waals surface area (Å²) in [7, 11) is 0. The molecule has 1 amide bonds. The molecule has 1 aromatic heterocycles. The third-order valence-electron chi connectivity index (χ3n) is 5.11. The lowest BCUT2D eigenvalue weighted by molar-refractivity contribution is 0.0945.